The van der Waals surface area contributed by atoms with Crippen molar-refractivity contribution in [3.05, 3.63) is 34.9 Å². The first-order valence-electron chi connectivity index (χ1n) is 11.9. The van der Waals surface area contributed by atoms with Gasteiger partial charge in [-0.3, -0.25) is 0 Å². The molecule has 0 aliphatic carbocycles. The van der Waals surface area contributed by atoms with Gasteiger partial charge in [0, 0.05) is 6.61 Å². The summed E-state index contributed by atoms with van der Waals surface area (Å²) in [5, 5.41) is 0. The topological polar surface area (TPSA) is 35.5 Å². The second-order valence-electron chi connectivity index (χ2n) is 8.51. The summed E-state index contributed by atoms with van der Waals surface area (Å²) in [6, 6.07) is 5.95. The van der Waals surface area contributed by atoms with Crippen molar-refractivity contribution < 1.29 is 14.3 Å². The molecule has 29 heavy (non-hydrogen) atoms. The largest absolute Gasteiger partial charge is 0.462 e. The van der Waals surface area contributed by atoms with Crippen LogP contribution in [0.1, 0.15) is 107 Å². The molecule has 0 fully saturated rings. The van der Waals surface area contributed by atoms with Crippen molar-refractivity contribution in [3.63, 3.8) is 0 Å². The van der Waals surface area contributed by atoms with Gasteiger partial charge in [0.15, 0.2) is 0 Å². The molecule has 0 aliphatic rings. The van der Waals surface area contributed by atoms with Gasteiger partial charge in [0.1, 0.15) is 0 Å². The lowest BCUT2D eigenvalue weighted by Gasteiger charge is -2.16. The van der Waals surface area contributed by atoms with Crippen LogP contribution in [0.2, 0.25) is 0 Å². The molecule has 3 nitrogen and oxygen atoms in total. The van der Waals surface area contributed by atoms with E-state index in [9.17, 15) is 4.79 Å². The van der Waals surface area contributed by atoms with E-state index in [0.29, 0.717) is 30.6 Å². The van der Waals surface area contributed by atoms with Gasteiger partial charge in [-0.05, 0) is 54.9 Å². The summed E-state index contributed by atoms with van der Waals surface area (Å²) in [4.78, 5) is 12.6. The molecular weight excluding hydrogens is 360 g/mol. The van der Waals surface area contributed by atoms with E-state index >= 15 is 0 Å². The van der Waals surface area contributed by atoms with E-state index < -0.39 is 0 Å². The van der Waals surface area contributed by atoms with Crippen LogP contribution in [-0.2, 0) is 16.1 Å². The second-order valence-corrected chi connectivity index (χ2v) is 8.51. The minimum Gasteiger partial charge on any atom is -0.462 e. The van der Waals surface area contributed by atoms with E-state index in [1.165, 1.54) is 38.5 Å². The monoisotopic (exact) mass is 404 g/mol. The Balaban J connectivity index is 2.55. The summed E-state index contributed by atoms with van der Waals surface area (Å²) < 4.78 is 11.6. The van der Waals surface area contributed by atoms with Gasteiger partial charge in [0.25, 0.3) is 0 Å². The minimum atomic E-state index is -0.212. The highest BCUT2D eigenvalue weighted by Crippen LogP contribution is 2.18. The zero-order valence-electron chi connectivity index (χ0n) is 19.6. The molecule has 0 aliphatic heterocycles. The first-order chi connectivity index (χ1) is 14.0. The van der Waals surface area contributed by atoms with Gasteiger partial charge in [0.05, 0.1) is 18.8 Å². The Hall–Kier alpha value is -1.35. The van der Waals surface area contributed by atoms with Gasteiger partial charge < -0.3 is 9.47 Å². The van der Waals surface area contributed by atoms with E-state index in [1.807, 2.05) is 19.1 Å². The van der Waals surface area contributed by atoms with Crippen molar-refractivity contribution in [2.24, 2.45) is 11.8 Å². The van der Waals surface area contributed by atoms with Crippen molar-refractivity contribution in [1.29, 1.82) is 0 Å². The van der Waals surface area contributed by atoms with Gasteiger partial charge >= 0.3 is 5.97 Å². The quantitative estimate of drug-likeness (QED) is 0.211. The fourth-order valence-electron chi connectivity index (χ4n) is 3.67. The normalized spacial score (nSPS) is 13.3. The van der Waals surface area contributed by atoms with Crippen LogP contribution in [0.15, 0.2) is 18.2 Å². The van der Waals surface area contributed by atoms with Crippen LogP contribution in [-0.4, -0.2) is 19.2 Å². The first-order valence-corrected chi connectivity index (χ1v) is 11.9. The number of benzene rings is 1. The summed E-state index contributed by atoms with van der Waals surface area (Å²) in [5.41, 5.74) is 2.77. The molecule has 0 spiro atoms. The standard InChI is InChI=1S/C26H44O3/c1-6-10-12-14-22(8-3)18-28-19-24-15-21(5)16-25(17-24)26(27)29-20-23(9-4)13-11-7-2/h15-17,22-23H,6-14,18-20H2,1-5H3. The Bertz CT molecular complexity index is 567. The van der Waals surface area contributed by atoms with E-state index in [4.69, 9.17) is 9.47 Å². The molecule has 0 radical (unpaired) electrons. The average Bonchev–Trinajstić information content (AvgIpc) is 2.72. The van der Waals surface area contributed by atoms with Crippen molar-refractivity contribution in [3.8, 4) is 0 Å². The van der Waals surface area contributed by atoms with E-state index in [2.05, 4.69) is 33.8 Å². The zero-order valence-corrected chi connectivity index (χ0v) is 19.6. The molecule has 1 aromatic rings. The molecule has 0 saturated heterocycles. The van der Waals surface area contributed by atoms with Gasteiger partial charge in [0.2, 0.25) is 0 Å². The Kier molecular flexibility index (Phi) is 13.7. The maximum absolute atomic E-state index is 12.6. The maximum atomic E-state index is 12.6. The molecule has 2 unspecified atom stereocenters. The predicted molar refractivity (Wildman–Crippen MR) is 122 cm³/mol. The lowest BCUT2D eigenvalue weighted by Crippen LogP contribution is -2.14. The Labute approximate surface area is 179 Å². The number of esters is 1. The fourth-order valence-corrected chi connectivity index (χ4v) is 3.67. The number of hydrogen-bond acceptors (Lipinski definition) is 3. The summed E-state index contributed by atoms with van der Waals surface area (Å²) >= 11 is 0. The van der Waals surface area contributed by atoms with Crippen molar-refractivity contribution >= 4 is 5.97 Å². The van der Waals surface area contributed by atoms with Crippen molar-refractivity contribution in [1.82, 2.24) is 0 Å². The van der Waals surface area contributed by atoms with Crippen molar-refractivity contribution in [2.45, 2.75) is 99.0 Å². The number of carbonyl (C=O) groups excluding carboxylic acids is 1. The molecule has 2 atom stereocenters. The SMILES string of the molecule is CCCCCC(CC)COCc1cc(C)cc(C(=O)OCC(CC)CCCC)c1. The van der Waals surface area contributed by atoms with Crippen LogP contribution in [0, 0.1) is 18.8 Å². The van der Waals surface area contributed by atoms with Crippen molar-refractivity contribution in [2.75, 3.05) is 13.2 Å². The van der Waals surface area contributed by atoms with Crippen LogP contribution >= 0.6 is 0 Å². The molecule has 166 valence electrons. The number of aryl methyl sites for hydroxylation is 1. The third-order valence-corrected chi connectivity index (χ3v) is 5.78. The van der Waals surface area contributed by atoms with Gasteiger partial charge in [-0.15, -0.1) is 0 Å². The summed E-state index contributed by atoms with van der Waals surface area (Å²) in [6.07, 6.45) is 10.8. The van der Waals surface area contributed by atoms with Gasteiger partial charge in [-0.2, -0.15) is 0 Å². The molecule has 0 bridgehead atoms. The number of hydrogen-bond donors (Lipinski definition) is 0. The molecule has 1 rings (SSSR count). The average molecular weight is 405 g/mol. The molecule has 0 N–H and O–H groups in total. The number of rotatable bonds is 16. The highest BCUT2D eigenvalue weighted by molar-refractivity contribution is 5.89. The summed E-state index contributed by atoms with van der Waals surface area (Å²) in [7, 11) is 0. The highest BCUT2D eigenvalue weighted by atomic mass is 16.5. The van der Waals surface area contributed by atoms with Gasteiger partial charge in [-0.25, -0.2) is 4.79 Å². The lowest BCUT2D eigenvalue weighted by atomic mass is 9.99. The number of carbonyl (C=O) groups is 1. The molecular formula is C26H44O3. The zero-order chi connectivity index (χ0) is 21.5. The third-order valence-electron chi connectivity index (χ3n) is 5.78. The molecule has 3 heteroatoms. The minimum absolute atomic E-state index is 0.212. The lowest BCUT2D eigenvalue weighted by molar-refractivity contribution is 0.0427. The van der Waals surface area contributed by atoms with Crippen LogP contribution in [0.25, 0.3) is 0 Å². The second kappa shape index (κ2) is 15.5. The fraction of sp³-hybridized carbons (Fsp3) is 0.731. The third kappa shape index (κ3) is 10.8. The molecule has 0 heterocycles. The summed E-state index contributed by atoms with van der Waals surface area (Å²) in [6.45, 7) is 12.7. The van der Waals surface area contributed by atoms with Crippen LogP contribution < -0.4 is 0 Å². The van der Waals surface area contributed by atoms with E-state index in [0.717, 1.165) is 37.0 Å². The first kappa shape index (κ1) is 25.7. The Morgan fingerprint density at radius 2 is 1.52 bits per heavy atom. The predicted octanol–water partition coefficient (Wildman–Crippen LogP) is 7.49. The molecule has 0 saturated carbocycles. The Morgan fingerprint density at radius 3 is 2.17 bits per heavy atom. The Morgan fingerprint density at radius 1 is 0.862 bits per heavy atom. The maximum Gasteiger partial charge on any atom is 0.338 e. The van der Waals surface area contributed by atoms with Gasteiger partial charge in [-0.1, -0.05) is 78.7 Å². The molecule has 1 aromatic carbocycles. The molecule has 0 aromatic heterocycles. The van der Waals surface area contributed by atoms with Crippen LogP contribution in [0.5, 0.6) is 0 Å². The number of ether oxygens (including phenoxy) is 2. The molecule has 0 amide bonds. The van der Waals surface area contributed by atoms with Crippen LogP contribution in [0.3, 0.4) is 0 Å². The van der Waals surface area contributed by atoms with Crippen LogP contribution in [0.4, 0.5) is 0 Å². The highest BCUT2D eigenvalue weighted by Gasteiger charge is 2.13. The summed E-state index contributed by atoms with van der Waals surface area (Å²) in [5.74, 6) is 0.881. The smallest absolute Gasteiger partial charge is 0.338 e. The number of unbranched alkanes of at least 4 members (excludes halogenated alkanes) is 3. The van der Waals surface area contributed by atoms with E-state index in [1.54, 1.807) is 0 Å². The van der Waals surface area contributed by atoms with E-state index in [-0.39, 0.29) is 5.97 Å².